The van der Waals surface area contributed by atoms with Crippen LogP contribution in [0.1, 0.15) is 29.7 Å². The van der Waals surface area contributed by atoms with Gasteiger partial charge in [-0.1, -0.05) is 65.9 Å². The van der Waals surface area contributed by atoms with Crippen molar-refractivity contribution in [3.63, 3.8) is 0 Å². The maximum Gasteiger partial charge on any atom is 0.338 e. The third kappa shape index (κ3) is 5.15. The van der Waals surface area contributed by atoms with Crippen LogP contribution in [0, 0.1) is 0 Å². The maximum atomic E-state index is 13.9. The number of benzene rings is 3. The predicted molar refractivity (Wildman–Crippen MR) is 155 cm³/mol. The van der Waals surface area contributed by atoms with E-state index in [4.69, 9.17) is 14.5 Å². The summed E-state index contributed by atoms with van der Waals surface area (Å²) in [6.07, 6.45) is 1.87. The van der Waals surface area contributed by atoms with Gasteiger partial charge in [0.2, 0.25) is 0 Å². The van der Waals surface area contributed by atoms with Crippen molar-refractivity contribution >= 4 is 34.8 Å². The first-order valence-corrected chi connectivity index (χ1v) is 13.4. The van der Waals surface area contributed by atoms with Gasteiger partial charge in [0.1, 0.15) is 5.75 Å². The van der Waals surface area contributed by atoms with Crippen LogP contribution < -0.4 is 24.5 Å². The number of esters is 1. The number of carbonyl (C=O) groups is 1. The average Bonchev–Trinajstić information content (AvgIpc) is 3.27. The van der Waals surface area contributed by atoms with Crippen molar-refractivity contribution in [3.05, 3.63) is 121 Å². The first-order chi connectivity index (χ1) is 18.9. The van der Waals surface area contributed by atoms with Crippen LogP contribution in [0.2, 0.25) is 0 Å². The zero-order valence-electron chi connectivity index (χ0n) is 22.3. The molecule has 3 aromatic carbocycles. The molecule has 0 amide bonds. The molecule has 0 saturated carbocycles. The lowest BCUT2D eigenvalue weighted by Crippen LogP contribution is -2.40. The molecule has 2 heterocycles. The summed E-state index contributed by atoms with van der Waals surface area (Å²) >= 11 is 1.31. The Labute approximate surface area is 230 Å². The molecule has 7 nitrogen and oxygen atoms in total. The molecule has 4 aromatic rings. The number of rotatable bonds is 7. The second kappa shape index (κ2) is 11.1. The Morgan fingerprint density at radius 3 is 2.33 bits per heavy atom. The van der Waals surface area contributed by atoms with E-state index in [1.807, 2.05) is 104 Å². The van der Waals surface area contributed by atoms with Crippen molar-refractivity contribution in [1.29, 1.82) is 0 Å². The van der Waals surface area contributed by atoms with Gasteiger partial charge >= 0.3 is 5.97 Å². The zero-order chi connectivity index (χ0) is 27.5. The number of nitrogens with zero attached hydrogens (tertiary/aromatic N) is 3. The Morgan fingerprint density at radius 2 is 1.72 bits per heavy atom. The van der Waals surface area contributed by atoms with Gasteiger partial charge in [0, 0.05) is 25.3 Å². The van der Waals surface area contributed by atoms with Crippen LogP contribution in [0.15, 0.2) is 94.2 Å². The highest BCUT2D eigenvalue weighted by Crippen LogP contribution is 2.35. The second-order valence-electron chi connectivity index (χ2n) is 9.19. The summed E-state index contributed by atoms with van der Waals surface area (Å²) < 4.78 is 13.0. The molecule has 0 bridgehead atoms. The van der Waals surface area contributed by atoms with Crippen LogP contribution >= 0.6 is 11.3 Å². The molecule has 0 spiro atoms. The Hall–Kier alpha value is -4.43. The van der Waals surface area contributed by atoms with E-state index in [1.54, 1.807) is 18.6 Å². The highest BCUT2D eigenvalue weighted by atomic mass is 32.1. The molecule has 1 aromatic heterocycles. The third-order valence-corrected chi connectivity index (χ3v) is 7.50. The van der Waals surface area contributed by atoms with Gasteiger partial charge in [-0.25, -0.2) is 9.79 Å². The van der Waals surface area contributed by atoms with E-state index < -0.39 is 12.0 Å². The molecule has 0 saturated heterocycles. The van der Waals surface area contributed by atoms with Gasteiger partial charge in [-0.3, -0.25) is 9.36 Å². The van der Waals surface area contributed by atoms with Crippen molar-refractivity contribution in [2.45, 2.75) is 13.0 Å². The summed E-state index contributed by atoms with van der Waals surface area (Å²) in [4.78, 5) is 34.9. The fourth-order valence-corrected chi connectivity index (χ4v) is 5.56. The average molecular weight is 540 g/mol. The summed E-state index contributed by atoms with van der Waals surface area (Å²) in [6.45, 7) is 1.97. The summed E-state index contributed by atoms with van der Waals surface area (Å²) in [5.74, 6) is 0.173. The number of methoxy groups -OCH3 is 1. The lowest BCUT2D eigenvalue weighted by molar-refractivity contribution is -0.138. The summed E-state index contributed by atoms with van der Waals surface area (Å²) in [7, 11) is 5.57. The zero-order valence-corrected chi connectivity index (χ0v) is 23.1. The van der Waals surface area contributed by atoms with E-state index in [1.165, 1.54) is 11.3 Å². The molecular formula is C31H29N3O4S. The van der Waals surface area contributed by atoms with Crippen molar-refractivity contribution < 1.29 is 14.3 Å². The van der Waals surface area contributed by atoms with Crippen LogP contribution in [0.25, 0.3) is 11.8 Å². The Bertz CT molecular complexity index is 1700. The number of hydrogen-bond acceptors (Lipinski definition) is 7. The Morgan fingerprint density at radius 1 is 1.03 bits per heavy atom. The summed E-state index contributed by atoms with van der Waals surface area (Å²) in [5, 5.41) is 0. The van der Waals surface area contributed by atoms with Crippen molar-refractivity contribution in [1.82, 2.24) is 4.57 Å². The highest BCUT2D eigenvalue weighted by Gasteiger charge is 2.35. The largest absolute Gasteiger partial charge is 0.497 e. The fraction of sp³-hybridized carbons (Fsp3) is 0.194. The molecular weight excluding hydrogens is 510 g/mol. The summed E-state index contributed by atoms with van der Waals surface area (Å²) in [6, 6.07) is 24.2. The lowest BCUT2D eigenvalue weighted by atomic mass is 9.93. The van der Waals surface area contributed by atoms with E-state index in [0.29, 0.717) is 26.4 Å². The molecule has 1 atom stereocenters. The molecule has 0 unspecified atom stereocenters. The minimum absolute atomic E-state index is 0.201. The molecule has 0 aliphatic carbocycles. The standard InChI is InChI=1S/C31H29N3O4S/c1-5-38-30(36)26-27(21-9-7-6-8-10-21)32-31-34(28(26)22-13-17-24(37-4)18-14-22)29(35)25(39-31)19-20-11-15-23(16-12-20)33(2)3/h6-19,28H,5H2,1-4H3/b25-19-/t28-/m1/s1. The number of carbonyl (C=O) groups excluding carboxylic acids is 1. The number of ether oxygens (including phenoxy) is 2. The lowest BCUT2D eigenvalue weighted by Gasteiger charge is -2.26. The highest BCUT2D eigenvalue weighted by molar-refractivity contribution is 7.07. The van der Waals surface area contributed by atoms with Crippen LogP contribution in [0.4, 0.5) is 5.69 Å². The molecule has 39 heavy (non-hydrogen) atoms. The molecule has 8 heteroatoms. The Kier molecular flexibility index (Phi) is 7.47. The van der Waals surface area contributed by atoms with Crippen LogP contribution in [0.3, 0.4) is 0 Å². The summed E-state index contributed by atoms with van der Waals surface area (Å²) in [5.41, 5.74) is 4.10. The van der Waals surface area contributed by atoms with Gasteiger partial charge in [-0.05, 0) is 48.4 Å². The van der Waals surface area contributed by atoms with Gasteiger partial charge in [0.25, 0.3) is 5.56 Å². The third-order valence-electron chi connectivity index (χ3n) is 6.51. The van der Waals surface area contributed by atoms with Gasteiger partial charge in [0.15, 0.2) is 4.80 Å². The van der Waals surface area contributed by atoms with E-state index >= 15 is 0 Å². The van der Waals surface area contributed by atoms with Crippen LogP contribution in [0.5, 0.6) is 5.75 Å². The van der Waals surface area contributed by atoms with Crippen LogP contribution in [-0.2, 0) is 9.53 Å². The van der Waals surface area contributed by atoms with Crippen molar-refractivity contribution in [2.75, 3.05) is 32.7 Å². The van der Waals surface area contributed by atoms with Crippen LogP contribution in [-0.4, -0.2) is 38.3 Å². The van der Waals surface area contributed by atoms with E-state index in [2.05, 4.69) is 0 Å². The van der Waals surface area contributed by atoms with Crippen molar-refractivity contribution in [2.24, 2.45) is 4.99 Å². The minimum Gasteiger partial charge on any atom is -0.497 e. The predicted octanol–water partition coefficient (Wildman–Crippen LogP) is 4.01. The number of anilines is 1. The monoisotopic (exact) mass is 539 g/mol. The molecule has 0 fully saturated rings. The minimum atomic E-state index is -0.723. The Balaban J connectivity index is 1.77. The molecule has 1 aliphatic rings. The fourth-order valence-electron chi connectivity index (χ4n) is 4.56. The second-order valence-corrected chi connectivity index (χ2v) is 10.2. The topological polar surface area (TPSA) is 73.1 Å². The first-order valence-electron chi connectivity index (χ1n) is 12.6. The number of fused-ring (bicyclic) bond motifs is 1. The maximum absolute atomic E-state index is 13.9. The smallest absolute Gasteiger partial charge is 0.338 e. The molecule has 5 rings (SSSR count). The van der Waals surface area contributed by atoms with Gasteiger partial charge < -0.3 is 14.4 Å². The van der Waals surface area contributed by atoms with Gasteiger partial charge in [-0.2, -0.15) is 0 Å². The van der Waals surface area contributed by atoms with E-state index in [9.17, 15) is 9.59 Å². The number of hydrogen-bond donors (Lipinski definition) is 0. The molecule has 0 radical (unpaired) electrons. The van der Waals surface area contributed by atoms with E-state index in [-0.39, 0.29) is 12.2 Å². The quantitative estimate of drug-likeness (QED) is 0.332. The normalized spacial score (nSPS) is 15.0. The SMILES string of the molecule is CCOC(=O)C1=C(c2ccccc2)N=c2s/c(=C\c3ccc(N(C)C)cc3)c(=O)n2[C@@H]1c1ccc(OC)cc1. The first kappa shape index (κ1) is 26.2. The molecule has 1 aliphatic heterocycles. The molecule has 0 N–H and O–H groups in total. The van der Waals surface area contributed by atoms with Crippen molar-refractivity contribution in [3.8, 4) is 5.75 Å². The molecule has 198 valence electrons. The van der Waals surface area contributed by atoms with E-state index in [0.717, 1.165) is 22.4 Å². The number of thiazole rings is 1. The number of aromatic nitrogens is 1. The van der Waals surface area contributed by atoms with Gasteiger partial charge in [-0.15, -0.1) is 0 Å². The van der Waals surface area contributed by atoms with Gasteiger partial charge in [0.05, 0.1) is 35.6 Å².